The number of hydrogen-bond donors (Lipinski definition) is 0. The van der Waals surface area contributed by atoms with Crippen molar-refractivity contribution >= 4 is 0 Å². The molecule has 0 nitrogen and oxygen atoms in total. The third-order valence-corrected chi connectivity index (χ3v) is 2.53. The summed E-state index contributed by atoms with van der Waals surface area (Å²) in [6, 6.07) is 8.95. The number of unbranched alkanes of at least 4 members (excludes halogenated alkanes) is 2. The summed E-state index contributed by atoms with van der Waals surface area (Å²) in [5, 5.41) is 0. The summed E-state index contributed by atoms with van der Waals surface area (Å²) in [6.07, 6.45) is 7.32. The first-order valence-electron chi connectivity index (χ1n) is 5.74. The lowest BCUT2D eigenvalue weighted by atomic mass is 10.0. The molecule has 0 saturated heterocycles. The Kier molecular flexibility index (Phi) is 5.36. The average molecular weight is 189 g/mol. The zero-order chi connectivity index (χ0) is 10.2. The Bertz CT molecular complexity index is 250. The van der Waals surface area contributed by atoms with Crippen molar-refractivity contribution in [2.45, 2.75) is 45.4 Å². The molecular formula is C14H21. The number of benzene rings is 1. The highest BCUT2D eigenvalue weighted by atomic mass is 14.0. The molecule has 0 bridgehead atoms. The normalized spacial score (nSPS) is 10.4. The first-order valence-corrected chi connectivity index (χ1v) is 5.74. The van der Waals surface area contributed by atoms with Gasteiger partial charge < -0.3 is 0 Å². The van der Waals surface area contributed by atoms with Gasteiger partial charge in [0.05, 0.1) is 0 Å². The molecule has 0 heteroatoms. The van der Waals surface area contributed by atoms with Crippen LogP contribution in [0, 0.1) is 6.92 Å². The van der Waals surface area contributed by atoms with Gasteiger partial charge in [-0.2, -0.15) is 0 Å². The third kappa shape index (κ3) is 3.95. The number of rotatable bonds is 6. The standard InChI is InChI=1S/C14H21/c1-3-5-6-9-14-11-7-10-13(12-14)8-4-2/h7,10-12H,2-6,8-9H2,1H3. The van der Waals surface area contributed by atoms with Gasteiger partial charge in [-0.05, 0) is 36.8 Å². The van der Waals surface area contributed by atoms with E-state index in [4.69, 9.17) is 0 Å². The Balaban J connectivity index is 2.46. The number of hydrogen-bond acceptors (Lipinski definition) is 0. The van der Waals surface area contributed by atoms with Gasteiger partial charge in [0, 0.05) is 0 Å². The predicted molar refractivity (Wildman–Crippen MR) is 63.3 cm³/mol. The minimum absolute atomic E-state index is 0.998. The zero-order valence-corrected chi connectivity index (χ0v) is 9.26. The summed E-state index contributed by atoms with van der Waals surface area (Å²) in [7, 11) is 0. The van der Waals surface area contributed by atoms with Gasteiger partial charge in [-0.15, -0.1) is 0 Å². The average Bonchev–Trinajstić information content (AvgIpc) is 2.19. The van der Waals surface area contributed by atoms with Crippen LogP contribution in [0.1, 0.15) is 43.7 Å². The van der Waals surface area contributed by atoms with E-state index in [1.807, 2.05) is 0 Å². The van der Waals surface area contributed by atoms with E-state index in [1.54, 1.807) is 0 Å². The van der Waals surface area contributed by atoms with Gasteiger partial charge in [-0.25, -0.2) is 0 Å². The smallest absolute Gasteiger partial charge is 0.0279 e. The van der Waals surface area contributed by atoms with Gasteiger partial charge in [0.1, 0.15) is 0 Å². The Hall–Kier alpha value is -0.780. The van der Waals surface area contributed by atoms with Crippen molar-refractivity contribution in [3.8, 4) is 0 Å². The van der Waals surface area contributed by atoms with Crippen LogP contribution in [0.5, 0.6) is 0 Å². The summed E-state index contributed by atoms with van der Waals surface area (Å²) in [5.41, 5.74) is 2.93. The highest BCUT2D eigenvalue weighted by Crippen LogP contribution is 2.10. The van der Waals surface area contributed by atoms with Crippen LogP contribution in [0.2, 0.25) is 0 Å². The second-order valence-corrected chi connectivity index (χ2v) is 3.88. The molecule has 77 valence electrons. The molecule has 1 aromatic rings. The van der Waals surface area contributed by atoms with E-state index < -0.39 is 0 Å². The van der Waals surface area contributed by atoms with Crippen molar-refractivity contribution in [2.24, 2.45) is 0 Å². The summed E-state index contributed by atoms with van der Waals surface area (Å²) < 4.78 is 0. The molecule has 0 unspecified atom stereocenters. The Morgan fingerprint density at radius 2 is 1.79 bits per heavy atom. The lowest BCUT2D eigenvalue weighted by Crippen LogP contribution is -1.89. The van der Waals surface area contributed by atoms with Gasteiger partial charge >= 0.3 is 0 Å². The molecule has 0 aliphatic heterocycles. The number of aryl methyl sites for hydroxylation is 2. The van der Waals surface area contributed by atoms with Crippen LogP contribution in [0.3, 0.4) is 0 Å². The molecule has 14 heavy (non-hydrogen) atoms. The summed E-state index contributed by atoms with van der Waals surface area (Å²) in [4.78, 5) is 0. The lowest BCUT2D eigenvalue weighted by molar-refractivity contribution is 0.717. The molecule has 0 N–H and O–H groups in total. The molecule has 0 amide bonds. The fraction of sp³-hybridized carbons (Fsp3) is 0.500. The summed E-state index contributed by atoms with van der Waals surface area (Å²) >= 11 is 0. The molecule has 0 heterocycles. The van der Waals surface area contributed by atoms with Crippen molar-refractivity contribution in [3.05, 3.63) is 42.3 Å². The monoisotopic (exact) mass is 189 g/mol. The van der Waals surface area contributed by atoms with E-state index in [0.717, 1.165) is 12.8 Å². The van der Waals surface area contributed by atoms with E-state index in [0.29, 0.717) is 0 Å². The zero-order valence-electron chi connectivity index (χ0n) is 9.26. The van der Waals surface area contributed by atoms with Gasteiger partial charge in [0.15, 0.2) is 0 Å². The van der Waals surface area contributed by atoms with Crippen molar-refractivity contribution < 1.29 is 0 Å². The molecule has 0 saturated carbocycles. The SMILES string of the molecule is [CH2]CCc1cccc(CCCCC)c1. The van der Waals surface area contributed by atoms with E-state index in [9.17, 15) is 0 Å². The second-order valence-electron chi connectivity index (χ2n) is 3.88. The highest BCUT2D eigenvalue weighted by Gasteiger charge is 1.95. The molecular weight excluding hydrogens is 168 g/mol. The van der Waals surface area contributed by atoms with Crippen molar-refractivity contribution in [1.82, 2.24) is 0 Å². The van der Waals surface area contributed by atoms with Crippen molar-refractivity contribution in [3.63, 3.8) is 0 Å². The largest absolute Gasteiger partial charge is 0.0654 e. The second kappa shape index (κ2) is 6.64. The molecule has 0 aliphatic rings. The topological polar surface area (TPSA) is 0 Å². The molecule has 1 aromatic carbocycles. The fourth-order valence-electron chi connectivity index (χ4n) is 1.72. The Labute approximate surface area is 88.4 Å². The molecule has 0 spiro atoms. The van der Waals surface area contributed by atoms with Gasteiger partial charge in [0.25, 0.3) is 0 Å². The van der Waals surface area contributed by atoms with Gasteiger partial charge in [-0.1, -0.05) is 51.0 Å². The maximum atomic E-state index is 3.89. The minimum Gasteiger partial charge on any atom is -0.0654 e. The van der Waals surface area contributed by atoms with Crippen molar-refractivity contribution in [1.29, 1.82) is 0 Å². The maximum absolute atomic E-state index is 3.89. The first-order chi connectivity index (χ1) is 6.86. The van der Waals surface area contributed by atoms with E-state index >= 15 is 0 Å². The van der Waals surface area contributed by atoms with Crippen LogP contribution in [0.25, 0.3) is 0 Å². The molecule has 0 fully saturated rings. The first kappa shape index (κ1) is 11.3. The van der Waals surface area contributed by atoms with E-state index in [1.165, 1.54) is 36.8 Å². The lowest BCUT2D eigenvalue weighted by Gasteiger charge is -2.03. The molecule has 1 radical (unpaired) electrons. The van der Waals surface area contributed by atoms with Crippen LogP contribution in [-0.2, 0) is 12.8 Å². The van der Waals surface area contributed by atoms with Crippen LogP contribution in [0.4, 0.5) is 0 Å². The quantitative estimate of drug-likeness (QED) is 0.589. The molecule has 0 atom stereocenters. The molecule has 0 aromatic heterocycles. The predicted octanol–water partition coefficient (Wildman–Crippen LogP) is 4.19. The van der Waals surface area contributed by atoms with Crippen LogP contribution in [0.15, 0.2) is 24.3 Å². The highest BCUT2D eigenvalue weighted by molar-refractivity contribution is 5.23. The van der Waals surface area contributed by atoms with Crippen LogP contribution >= 0.6 is 0 Å². The maximum Gasteiger partial charge on any atom is -0.0279 e. The van der Waals surface area contributed by atoms with Gasteiger partial charge in [0.2, 0.25) is 0 Å². The summed E-state index contributed by atoms with van der Waals surface area (Å²) in [5.74, 6) is 0. The third-order valence-electron chi connectivity index (χ3n) is 2.53. The van der Waals surface area contributed by atoms with E-state index in [2.05, 4.69) is 38.1 Å². The fourth-order valence-corrected chi connectivity index (χ4v) is 1.72. The Morgan fingerprint density at radius 1 is 1.07 bits per heavy atom. The van der Waals surface area contributed by atoms with Gasteiger partial charge in [-0.3, -0.25) is 0 Å². The minimum atomic E-state index is 0.998. The molecule has 0 aliphatic carbocycles. The summed E-state index contributed by atoms with van der Waals surface area (Å²) in [6.45, 7) is 6.14. The van der Waals surface area contributed by atoms with Crippen LogP contribution in [-0.4, -0.2) is 0 Å². The van der Waals surface area contributed by atoms with E-state index in [-0.39, 0.29) is 0 Å². The Morgan fingerprint density at radius 3 is 2.43 bits per heavy atom. The molecule has 1 rings (SSSR count). The van der Waals surface area contributed by atoms with Crippen molar-refractivity contribution in [2.75, 3.05) is 0 Å². The van der Waals surface area contributed by atoms with Crippen LogP contribution < -0.4 is 0 Å².